The summed E-state index contributed by atoms with van der Waals surface area (Å²) in [5.74, 6) is 0.363. The van der Waals surface area contributed by atoms with Crippen molar-refractivity contribution >= 4 is 51.1 Å². The molecule has 0 atom stereocenters. The number of amides is 1. The van der Waals surface area contributed by atoms with Gasteiger partial charge in [0.05, 0.1) is 17.8 Å². The Morgan fingerprint density at radius 2 is 1.87 bits per heavy atom. The Hall–Kier alpha value is -2.39. The van der Waals surface area contributed by atoms with Crippen molar-refractivity contribution in [2.45, 2.75) is 19.3 Å². The number of nitrogens with zero attached hydrogens (tertiary/aromatic N) is 1. The highest BCUT2D eigenvalue weighted by molar-refractivity contribution is 14.1. The van der Waals surface area contributed by atoms with Gasteiger partial charge in [0.25, 0.3) is 0 Å². The molecule has 0 unspecified atom stereocenters. The number of halogens is 1. The van der Waals surface area contributed by atoms with Crippen molar-refractivity contribution in [3.63, 3.8) is 0 Å². The number of rotatable bonds is 7. The number of nitrogens with one attached hydrogen (secondary N) is 2. The lowest BCUT2D eigenvalue weighted by molar-refractivity contribution is 0.0830. The molecule has 0 aliphatic carbocycles. The third-order valence-electron chi connectivity index (χ3n) is 5.76. The number of aromatic amines is 1. The molecule has 2 aromatic carbocycles. The van der Waals surface area contributed by atoms with Crippen LogP contribution < -0.4 is 5.32 Å². The third-order valence-corrected chi connectivity index (χ3v) is 6.48. The van der Waals surface area contributed by atoms with Crippen LogP contribution in [0.2, 0.25) is 0 Å². The Morgan fingerprint density at radius 3 is 2.65 bits per heavy atom. The summed E-state index contributed by atoms with van der Waals surface area (Å²) in [6, 6.07) is 15.5. The number of hydrogen-bond acceptors (Lipinski definition) is 4. The number of carbonyl (C=O) groups is 2. The van der Waals surface area contributed by atoms with Gasteiger partial charge in [0, 0.05) is 33.2 Å². The Labute approximate surface area is 195 Å². The van der Waals surface area contributed by atoms with Crippen LogP contribution in [0.15, 0.2) is 54.7 Å². The molecule has 1 amide bonds. The van der Waals surface area contributed by atoms with Gasteiger partial charge in [0.15, 0.2) is 5.78 Å². The molecule has 2 heterocycles. The first-order valence-electron chi connectivity index (χ1n) is 10.6. The first-order chi connectivity index (χ1) is 15.1. The molecule has 31 heavy (non-hydrogen) atoms. The Balaban J connectivity index is 1.15. The molecule has 0 radical (unpaired) electrons. The summed E-state index contributed by atoms with van der Waals surface area (Å²) in [6.45, 7) is 3.04. The average Bonchev–Trinajstić information content (AvgIpc) is 3.27. The normalized spacial score (nSPS) is 15.1. The Kier molecular flexibility index (Phi) is 7.24. The lowest BCUT2D eigenvalue weighted by Gasteiger charge is -2.31. The van der Waals surface area contributed by atoms with Crippen LogP contribution in [0.3, 0.4) is 0 Å². The van der Waals surface area contributed by atoms with Gasteiger partial charge < -0.3 is 14.6 Å². The number of ether oxygens (including phenoxy) is 1. The fraction of sp³-hybridized carbons (Fsp3) is 0.333. The summed E-state index contributed by atoms with van der Waals surface area (Å²) in [6.07, 6.45) is 3.94. The quantitative estimate of drug-likeness (QED) is 0.246. The SMILES string of the molecule is O=C(Nc1cccc2cc[nH]c12)OCCCN1CCC(C(=O)c2ccc(I)cc2)CC1. The number of ketones is 1. The minimum atomic E-state index is -0.441. The maximum absolute atomic E-state index is 12.7. The minimum Gasteiger partial charge on any atom is -0.449 e. The molecular weight excluding hydrogens is 505 g/mol. The molecule has 1 fully saturated rings. The minimum absolute atomic E-state index is 0.106. The number of aromatic nitrogens is 1. The topological polar surface area (TPSA) is 74.4 Å². The summed E-state index contributed by atoms with van der Waals surface area (Å²) in [7, 11) is 0. The van der Waals surface area contributed by atoms with Gasteiger partial charge in [-0.15, -0.1) is 0 Å². The summed E-state index contributed by atoms with van der Waals surface area (Å²) in [5, 5.41) is 3.85. The maximum Gasteiger partial charge on any atom is 0.411 e. The van der Waals surface area contributed by atoms with Crippen LogP contribution in [0.4, 0.5) is 10.5 Å². The molecule has 1 aliphatic heterocycles. The molecule has 2 N–H and O–H groups in total. The van der Waals surface area contributed by atoms with Crippen LogP contribution in [0, 0.1) is 9.49 Å². The predicted molar refractivity (Wildman–Crippen MR) is 131 cm³/mol. The van der Waals surface area contributed by atoms with E-state index in [1.54, 1.807) is 0 Å². The molecule has 162 valence electrons. The van der Waals surface area contributed by atoms with Gasteiger partial charge in [-0.25, -0.2) is 4.79 Å². The van der Waals surface area contributed by atoms with E-state index in [4.69, 9.17) is 4.74 Å². The lowest BCUT2D eigenvalue weighted by Crippen LogP contribution is -2.37. The highest BCUT2D eigenvalue weighted by Gasteiger charge is 2.25. The zero-order valence-electron chi connectivity index (χ0n) is 17.3. The van der Waals surface area contributed by atoms with Crippen molar-refractivity contribution in [2.24, 2.45) is 5.92 Å². The molecular formula is C24H26IN3O3. The van der Waals surface area contributed by atoms with E-state index in [-0.39, 0.29) is 11.7 Å². The van der Waals surface area contributed by atoms with E-state index in [0.717, 1.165) is 58.9 Å². The van der Waals surface area contributed by atoms with Gasteiger partial charge in [0.1, 0.15) is 0 Å². The monoisotopic (exact) mass is 531 g/mol. The second-order valence-electron chi connectivity index (χ2n) is 7.85. The molecule has 0 bridgehead atoms. The predicted octanol–water partition coefficient (Wildman–Crippen LogP) is 5.31. The zero-order chi connectivity index (χ0) is 21.6. The number of piperidine rings is 1. The number of benzene rings is 2. The van der Waals surface area contributed by atoms with E-state index in [9.17, 15) is 9.59 Å². The van der Waals surface area contributed by atoms with Crippen molar-refractivity contribution in [1.82, 2.24) is 9.88 Å². The Morgan fingerprint density at radius 1 is 1.10 bits per heavy atom. The largest absolute Gasteiger partial charge is 0.449 e. The van der Waals surface area contributed by atoms with E-state index in [1.807, 2.05) is 54.7 Å². The maximum atomic E-state index is 12.7. The second-order valence-corrected chi connectivity index (χ2v) is 9.09. The van der Waals surface area contributed by atoms with Gasteiger partial charge in [0.2, 0.25) is 0 Å². The lowest BCUT2D eigenvalue weighted by atomic mass is 9.89. The van der Waals surface area contributed by atoms with E-state index in [0.29, 0.717) is 12.3 Å². The highest BCUT2D eigenvalue weighted by Crippen LogP contribution is 2.23. The third kappa shape index (κ3) is 5.65. The number of likely N-dealkylation sites (tertiary alicyclic amines) is 1. The number of H-pyrrole nitrogens is 1. The first-order valence-corrected chi connectivity index (χ1v) is 11.7. The van der Waals surface area contributed by atoms with Gasteiger partial charge in [-0.3, -0.25) is 10.1 Å². The van der Waals surface area contributed by atoms with Crippen LogP contribution in [0.5, 0.6) is 0 Å². The van der Waals surface area contributed by atoms with Gasteiger partial charge >= 0.3 is 6.09 Å². The molecule has 1 aromatic heterocycles. The summed E-state index contributed by atoms with van der Waals surface area (Å²) >= 11 is 2.25. The molecule has 6 nitrogen and oxygen atoms in total. The molecule has 1 saturated heterocycles. The molecule has 4 rings (SSSR count). The van der Waals surface area contributed by atoms with Gasteiger partial charge in [-0.2, -0.15) is 0 Å². The summed E-state index contributed by atoms with van der Waals surface area (Å²) in [5.41, 5.74) is 2.42. The number of carbonyl (C=O) groups excluding carboxylic acids is 2. The van der Waals surface area contributed by atoms with Crippen molar-refractivity contribution in [2.75, 3.05) is 31.6 Å². The van der Waals surface area contributed by atoms with E-state index in [2.05, 4.69) is 37.8 Å². The number of hydrogen-bond donors (Lipinski definition) is 2. The molecule has 0 spiro atoms. The van der Waals surface area contributed by atoms with E-state index < -0.39 is 6.09 Å². The highest BCUT2D eigenvalue weighted by atomic mass is 127. The number of fused-ring (bicyclic) bond motifs is 1. The first kappa shape index (κ1) is 21.8. The average molecular weight is 531 g/mol. The van der Waals surface area contributed by atoms with Crippen LogP contribution in [-0.4, -0.2) is 48.0 Å². The molecule has 0 saturated carbocycles. The summed E-state index contributed by atoms with van der Waals surface area (Å²) < 4.78 is 6.48. The van der Waals surface area contributed by atoms with Crippen molar-refractivity contribution < 1.29 is 14.3 Å². The van der Waals surface area contributed by atoms with Crippen LogP contribution in [0.25, 0.3) is 10.9 Å². The molecule has 3 aromatic rings. The molecule has 7 heteroatoms. The van der Waals surface area contributed by atoms with Crippen LogP contribution >= 0.6 is 22.6 Å². The standard InChI is InChI=1S/C24H26IN3O3/c25-20-7-5-18(6-8-20)23(29)19-10-14-28(15-11-19)13-2-16-31-24(30)27-21-4-1-3-17-9-12-26-22(17)21/h1,3-9,12,19,26H,2,10-11,13-16H2,(H,27,30). The number of anilines is 1. The smallest absolute Gasteiger partial charge is 0.411 e. The number of para-hydroxylation sites is 1. The zero-order valence-corrected chi connectivity index (χ0v) is 19.4. The van der Waals surface area contributed by atoms with Gasteiger partial charge in [-0.1, -0.05) is 24.3 Å². The van der Waals surface area contributed by atoms with Crippen LogP contribution in [0.1, 0.15) is 29.6 Å². The number of Topliss-reactive ketones (excluding diaryl/α,β-unsaturated/α-hetero) is 1. The van der Waals surface area contributed by atoms with E-state index >= 15 is 0 Å². The fourth-order valence-electron chi connectivity index (χ4n) is 4.06. The Bertz CT molecular complexity index is 1040. The van der Waals surface area contributed by atoms with Crippen molar-refractivity contribution in [3.8, 4) is 0 Å². The van der Waals surface area contributed by atoms with Crippen molar-refractivity contribution in [1.29, 1.82) is 0 Å². The molecule has 1 aliphatic rings. The van der Waals surface area contributed by atoms with Gasteiger partial charge in [-0.05, 0) is 79.2 Å². The second kappa shape index (κ2) is 10.3. The van der Waals surface area contributed by atoms with Crippen molar-refractivity contribution in [3.05, 3.63) is 63.9 Å². The fourth-order valence-corrected chi connectivity index (χ4v) is 4.42. The van der Waals surface area contributed by atoms with E-state index in [1.165, 1.54) is 0 Å². The van der Waals surface area contributed by atoms with Crippen LogP contribution in [-0.2, 0) is 4.74 Å². The summed E-state index contributed by atoms with van der Waals surface area (Å²) in [4.78, 5) is 30.3.